The fourth-order valence-corrected chi connectivity index (χ4v) is 4.98. The van der Waals surface area contributed by atoms with Crippen LogP contribution in [0.1, 0.15) is 47.3 Å². The van der Waals surface area contributed by atoms with Gasteiger partial charge in [-0.25, -0.2) is 4.98 Å². The van der Waals surface area contributed by atoms with Gasteiger partial charge >= 0.3 is 0 Å². The van der Waals surface area contributed by atoms with E-state index in [1.165, 1.54) is 11.3 Å². The van der Waals surface area contributed by atoms with Crippen LogP contribution in [0.3, 0.4) is 0 Å². The van der Waals surface area contributed by atoms with Gasteiger partial charge in [-0.05, 0) is 29.7 Å². The highest BCUT2D eigenvalue weighted by molar-refractivity contribution is 7.11. The third-order valence-corrected chi connectivity index (χ3v) is 7.17. The van der Waals surface area contributed by atoms with Crippen LogP contribution in [0, 0.1) is 0 Å². The van der Waals surface area contributed by atoms with Gasteiger partial charge in [-0.15, -0.1) is 11.3 Å². The van der Waals surface area contributed by atoms with Crippen LogP contribution in [0.5, 0.6) is 11.6 Å². The van der Waals surface area contributed by atoms with Crippen molar-refractivity contribution < 1.29 is 19.0 Å². The molecule has 0 bridgehead atoms. The van der Waals surface area contributed by atoms with Crippen LogP contribution in [0.2, 0.25) is 0 Å². The maximum Gasteiger partial charge on any atom is 0.215 e. The number of benzene rings is 1. The lowest BCUT2D eigenvalue weighted by molar-refractivity contribution is 0.0979. The molecule has 7 nitrogen and oxygen atoms in total. The number of rotatable bonds is 9. The normalized spacial score (nSPS) is 20.9. The monoisotopic (exact) mass is 479 g/mol. The molecule has 1 aromatic carbocycles. The average Bonchev–Trinajstić information content (AvgIpc) is 3.63. The molecule has 2 aromatic heterocycles. The summed E-state index contributed by atoms with van der Waals surface area (Å²) in [7, 11) is 0. The Morgan fingerprint density at radius 2 is 2.09 bits per heavy atom. The van der Waals surface area contributed by atoms with E-state index in [0.29, 0.717) is 18.9 Å². The number of carbonyl (C=O) groups excluding carboxylic acids is 1. The largest absolute Gasteiger partial charge is 0.489 e. The Bertz CT molecular complexity index is 1080. The Labute approximate surface area is 203 Å². The number of aromatic nitrogens is 2. The Kier molecular flexibility index (Phi) is 7.06. The molecule has 2 saturated heterocycles. The molecule has 3 aromatic rings. The number of pyridine rings is 1. The lowest BCUT2D eigenvalue weighted by Crippen LogP contribution is -2.24. The molecule has 3 atom stereocenters. The van der Waals surface area contributed by atoms with Crippen LogP contribution in [0.4, 0.5) is 5.69 Å². The minimum Gasteiger partial charge on any atom is -0.489 e. The summed E-state index contributed by atoms with van der Waals surface area (Å²) in [6.07, 6.45) is 6.00. The van der Waals surface area contributed by atoms with Crippen molar-refractivity contribution in [2.75, 3.05) is 31.2 Å². The highest BCUT2D eigenvalue weighted by Gasteiger charge is 2.25. The standard InChI is InChI=1S/C26H29N3O4S/c1-18(12-24(30)25-14-27-17-34-25)19-2-4-21(5-3-19)32-22-7-10-29(15-22)20-6-9-28-26(13-20)33-23-8-11-31-16-23/h2-6,9,13-14,17-18,22-23H,7-8,10-12,15-16H2,1H3/t18-,22-,23?/m1/s1. The van der Waals surface area contributed by atoms with Crippen molar-refractivity contribution in [2.45, 2.75) is 44.3 Å². The Hall–Kier alpha value is -2.97. The Balaban J connectivity index is 1.13. The van der Waals surface area contributed by atoms with Crippen LogP contribution >= 0.6 is 11.3 Å². The molecule has 8 heteroatoms. The smallest absolute Gasteiger partial charge is 0.215 e. The quantitative estimate of drug-likeness (QED) is 0.411. The number of hydrogen-bond donors (Lipinski definition) is 0. The van der Waals surface area contributed by atoms with E-state index in [4.69, 9.17) is 14.2 Å². The molecule has 2 fully saturated rings. The van der Waals surface area contributed by atoms with Crippen LogP contribution in [-0.2, 0) is 4.74 Å². The van der Waals surface area contributed by atoms with Crippen LogP contribution < -0.4 is 14.4 Å². The topological polar surface area (TPSA) is 73.8 Å². The van der Waals surface area contributed by atoms with E-state index < -0.39 is 0 Å². The zero-order valence-electron chi connectivity index (χ0n) is 19.3. The number of anilines is 1. The fourth-order valence-electron chi connectivity index (χ4n) is 4.41. The maximum absolute atomic E-state index is 12.4. The predicted molar refractivity (Wildman–Crippen MR) is 131 cm³/mol. The van der Waals surface area contributed by atoms with E-state index in [9.17, 15) is 4.79 Å². The first-order chi connectivity index (χ1) is 16.6. The molecule has 0 radical (unpaired) electrons. The van der Waals surface area contributed by atoms with Gasteiger partial charge in [0.05, 0.1) is 30.1 Å². The maximum atomic E-state index is 12.4. The molecule has 0 N–H and O–H groups in total. The summed E-state index contributed by atoms with van der Waals surface area (Å²) in [6, 6.07) is 12.2. The second kappa shape index (κ2) is 10.5. The number of thiazole rings is 1. The summed E-state index contributed by atoms with van der Waals surface area (Å²) in [5.41, 5.74) is 3.93. The zero-order chi connectivity index (χ0) is 23.3. The van der Waals surface area contributed by atoms with Gasteiger partial charge < -0.3 is 19.1 Å². The first-order valence-corrected chi connectivity index (χ1v) is 12.7. The summed E-state index contributed by atoms with van der Waals surface area (Å²) >= 11 is 1.39. The van der Waals surface area contributed by atoms with Crippen molar-refractivity contribution in [2.24, 2.45) is 0 Å². The van der Waals surface area contributed by atoms with E-state index in [1.54, 1.807) is 17.9 Å². The van der Waals surface area contributed by atoms with Gasteiger partial charge in [-0.2, -0.15) is 0 Å². The van der Waals surface area contributed by atoms with Crippen molar-refractivity contribution in [1.29, 1.82) is 0 Å². The second-order valence-electron chi connectivity index (χ2n) is 8.89. The fraction of sp³-hybridized carbons (Fsp3) is 0.423. The number of Topliss-reactive ketones (excluding diaryl/α,β-unsaturated/α-hetero) is 1. The van der Waals surface area contributed by atoms with E-state index >= 15 is 0 Å². The van der Waals surface area contributed by atoms with Gasteiger partial charge in [0.1, 0.15) is 18.0 Å². The number of ether oxygens (including phenoxy) is 3. The minimum absolute atomic E-state index is 0.0916. The zero-order valence-corrected chi connectivity index (χ0v) is 20.1. The van der Waals surface area contributed by atoms with Gasteiger partial charge in [0.25, 0.3) is 0 Å². The number of ketones is 1. The number of hydrogen-bond acceptors (Lipinski definition) is 8. The van der Waals surface area contributed by atoms with Crippen molar-refractivity contribution >= 4 is 22.8 Å². The molecule has 2 aliphatic rings. The van der Waals surface area contributed by atoms with Gasteiger partial charge in [0, 0.05) is 50.0 Å². The summed E-state index contributed by atoms with van der Waals surface area (Å²) in [5, 5.41) is 0. The molecule has 178 valence electrons. The number of nitrogens with zero attached hydrogens (tertiary/aromatic N) is 3. The summed E-state index contributed by atoms with van der Waals surface area (Å²) in [6.45, 7) is 5.20. The van der Waals surface area contributed by atoms with Gasteiger partial charge in [-0.3, -0.25) is 9.78 Å². The first kappa shape index (κ1) is 22.8. The third-order valence-electron chi connectivity index (χ3n) is 6.35. The van der Waals surface area contributed by atoms with Gasteiger partial charge in [-0.1, -0.05) is 19.1 Å². The van der Waals surface area contributed by atoms with Crippen LogP contribution in [0.25, 0.3) is 0 Å². The minimum atomic E-state index is 0.0916. The predicted octanol–water partition coefficient (Wildman–Crippen LogP) is 4.74. The van der Waals surface area contributed by atoms with Crippen molar-refractivity contribution in [1.82, 2.24) is 9.97 Å². The molecule has 0 spiro atoms. The van der Waals surface area contributed by atoms with E-state index in [-0.39, 0.29) is 23.9 Å². The SMILES string of the molecule is C[C@H](CC(=O)c1cncs1)c1ccc(O[C@@H]2CCN(c3ccnc(OC4CCOC4)c3)C2)cc1. The molecule has 2 aliphatic heterocycles. The number of carbonyl (C=O) groups is 1. The molecule has 1 unspecified atom stereocenters. The summed E-state index contributed by atoms with van der Waals surface area (Å²) in [5.74, 6) is 1.79. The summed E-state index contributed by atoms with van der Waals surface area (Å²) < 4.78 is 17.6. The third kappa shape index (κ3) is 5.56. The highest BCUT2D eigenvalue weighted by Crippen LogP contribution is 2.28. The molecule has 34 heavy (non-hydrogen) atoms. The van der Waals surface area contributed by atoms with E-state index in [0.717, 1.165) is 54.4 Å². The van der Waals surface area contributed by atoms with E-state index in [1.807, 2.05) is 24.3 Å². The van der Waals surface area contributed by atoms with Crippen LogP contribution in [0.15, 0.2) is 54.3 Å². The molecular formula is C26H29N3O4S. The van der Waals surface area contributed by atoms with Crippen molar-refractivity contribution in [3.05, 3.63) is 64.7 Å². The highest BCUT2D eigenvalue weighted by atomic mass is 32.1. The molecule has 0 aliphatic carbocycles. The lowest BCUT2D eigenvalue weighted by Gasteiger charge is -2.20. The Morgan fingerprint density at radius 3 is 2.85 bits per heavy atom. The molecule has 4 heterocycles. The average molecular weight is 480 g/mol. The second-order valence-corrected chi connectivity index (χ2v) is 9.78. The lowest BCUT2D eigenvalue weighted by atomic mass is 9.95. The van der Waals surface area contributed by atoms with E-state index in [2.05, 4.69) is 33.9 Å². The Morgan fingerprint density at radius 1 is 1.21 bits per heavy atom. The van der Waals surface area contributed by atoms with Gasteiger partial charge in [0.15, 0.2) is 5.78 Å². The summed E-state index contributed by atoms with van der Waals surface area (Å²) in [4.78, 5) is 23.8. The van der Waals surface area contributed by atoms with Gasteiger partial charge in [0.2, 0.25) is 5.88 Å². The molecular weight excluding hydrogens is 450 g/mol. The molecule has 5 rings (SSSR count). The first-order valence-electron chi connectivity index (χ1n) is 11.8. The molecule has 0 amide bonds. The van der Waals surface area contributed by atoms with Crippen molar-refractivity contribution in [3.8, 4) is 11.6 Å². The van der Waals surface area contributed by atoms with Crippen LogP contribution in [-0.4, -0.2) is 54.3 Å². The molecule has 0 saturated carbocycles. The van der Waals surface area contributed by atoms with Crippen molar-refractivity contribution in [3.63, 3.8) is 0 Å².